The summed E-state index contributed by atoms with van der Waals surface area (Å²) >= 11 is 0. The molecule has 1 fully saturated rings. The minimum absolute atomic E-state index is 0.0677. The number of aryl methyl sites for hydroxylation is 1. The van der Waals surface area contributed by atoms with E-state index in [2.05, 4.69) is 20.8 Å². The number of aromatic nitrogens is 1. The molecule has 2 atom stereocenters. The van der Waals surface area contributed by atoms with Crippen molar-refractivity contribution in [2.45, 2.75) is 59.0 Å². The molecule has 1 aromatic carbocycles. The zero-order chi connectivity index (χ0) is 19.2. The second-order valence-corrected chi connectivity index (χ2v) is 9.28. The number of aliphatic hydroxyl groups is 1. The SMILES string of the molecule is CC(C)(C)C1CCc2nc3ccccc3c(C(=O)N3CCCC(O)C3)c2C1. The molecular formula is C23H30N2O2. The number of hydrogen-bond donors (Lipinski definition) is 1. The Morgan fingerprint density at radius 3 is 2.74 bits per heavy atom. The number of pyridine rings is 1. The first-order valence-corrected chi connectivity index (χ1v) is 10.2. The maximum absolute atomic E-state index is 13.6. The summed E-state index contributed by atoms with van der Waals surface area (Å²) in [4.78, 5) is 20.3. The van der Waals surface area contributed by atoms with E-state index in [0.29, 0.717) is 12.5 Å². The van der Waals surface area contributed by atoms with Gasteiger partial charge < -0.3 is 10.0 Å². The summed E-state index contributed by atoms with van der Waals surface area (Å²) in [6.45, 7) is 8.04. The van der Waals surface area contributed by atoms with E-state index in [9.17, 15) is 9.90 Å². The van der Waals surface area contributed by atoms with Crippen LogP contribution < -0.4 is 0 Å². The largest absolute Gasteiger partial charge is 0.391 e. The van der Waals surface area contributed by atoms with E-state index in [1.54, 1.807) is 0 Å². The fourth-order valence-corrected chi connectivity index (χ4v) is 4.67. The highest BCUT2D eigenvalue weighted by molar-refractivity contribution is 6.07. The number of β-amino-alcohol motifs (C(OH)–C–C–N with tert-alkyl or cyclic N) is 1. The Morgan fingerprint density at radius 1 is 1.22 bits per heavy atom. The summed E-state index contributed by atoms with van der Waals surface area (Å²) < 4.78 is 0. The van der Waals surface area contributed by atoms with Gasteiger partial charge in [-0.25, -0.2) is 0 Å². The second-order valence-electron chi connectivity index (χ2n) is 9.28. The van der Waals surface area contributed by atoms with Crippen LogP contribution in [0.3, 0.4) is 0 Å². The molecule has 2 aliphatic rings. The maximum Gasteiger partial charge on any atom is 0.254 e. The van der Waals surface area contributed by atoms with Crippen LogP contribution in [0.1, 0.15) is 61.6 Å². The summed E-state index contributed by atoms with van der Waals surface area (Å²) in [5.74, 6) is 0.615. The monoisotopic (exact) mass is 366 g/mol. The Bertz CT molecular complexity index is 869. The molecule has 2 heterocycles. The summed E-state index contributed by atoms with van der Waals surface area (Å²) in [6.07, 6.45) is 4.21. The van der Waals surface area contributed by atoms with Crippen molar-refractivity contribution in [2.75, 3.05) is 13.1 Å². The lowest BCUT2D eigenvalue weighted by Crippen LogP contribution is -2.43. The summed E-state index contributed by atoms with van der Waals surface area (Å²) in [6, 6.07) is 8.01. The number of rotatable bonds is 1. The molecule has 27 heavy (non-hydrogen) atoms. The summed E-state index contributed by atoms with van der Waals surface area (Å²) in [5.41, 5.74) is 4.19. The minimum atomic E-state index is -0.408. The van der Waals surface area contributed by atoms with Gasteiger partial charge in [-0.1, -0.05) is 39.0 Å². The molecule has 4 rings (SSSR count). The molecule has 0 spiro atoms. The van der Waals surface area contributed by atoms with E-state index in [1.807, 2.05) is 29.2 Å². The summed E-state index contributed by atoms with van der Waals surface area (Å²) in [7, 11) is 0. The van der Waals surface area contributed by atoms with E-state index in [-0.39, 0.29) is 11.3 Å². The quantitative estimate of drug-likeness (QED) is 0.830. The highest BCUT2D eigenvalue weighted by Gasteiger charge is 2.34. The Morgan fingerprint density at radius 2 is 2.00 bits per heavy atom. The normalized spacial score (nSPS) is 23.3. The average molecular weight is 367 g/mol. The third-order valence-corrected chi connectivity index (χ3v) is 6.38. The second kappa shape index (κ2) is 6.90. The Balaban J connectivity index is 1.83. The van der Waals surface area contributed by atoms with Crippen molar-refractivity contribution in [2.24, 2.45) is 11.3 Å². The zero-order valence-electron chi connectivity index (χ0n) is 16.7. The van der Waals surface area contributed by atoms with Crippen LogP contribution in [-0.2, 0) is 12.8 Å². The number of piperidine rings is 1. The molecule has 1 aliphatic heterocycles. The molecule has 4 nitrogen and oxygen atoms in total. The number of aliphatic hydroxyl groups excluding tert-OH is 1. The first-order chi connectivity index (χ1) is 12.8. The smallest absolute Gasteiger partial charge is 0.254 e. The van der Waals surface area contributed by atoms with E-state index in [4.69, 9.17) is 4.98 Å². The van der Waals surface area contributed by atoms with E-state index in [0.717, 1.165) is 66.4 Å². The number of benzene rings is 1. The predicted octanol–water partition coefficient (Wildman–Crippen LogP) is 3.98. The van der Waals surface area contributed by atoms with Crippen molar-refractivity contribution in [3.8, 4) is 0 Å². The Kier molecular flexibility index (Phi) is 4.71. The van der Waals surface area contributed by atoms with Crippen LogP contribution in [-0.4, -0.2) is 40.1 Å². The van der Waals surface area contributed by atoms with Gasteiger partial charge in [-0.2, -0.15) is 0 Å². The van der Waals surface area contributed by atoms with Gasteiger partial charge in [0.25, 0.3) is 5.91 Å². The van der Waals surface area contributed by atoms with Gasteiger partial charge in [-0.3, -0.25) is 9.78 Å². The van der Waals surface area contributed by atoms with Crippen LogP contribution in [0.25, 0.3) is 10.9 Å². The lowest BCUT2D eigenvalue weighted by molar-refractivity contribution is 0.0473. The van der Waals surface area contributed by atoms with Crippen LogP contribution in [0.2, 0.25) is 0 Å². The van der Waals surface area contributed by atoms with E-state index >= 15 is 0 Å². The number of fused-ring (bicyclic) bond motifs is 2. The van der Waals surface area contributed by atoms with Gasteiger partial charge in [-0.05, 0) is 55.1 Å². The van der Waals surface area contributed by atoms with Gasteiger partial charge in [0.1, 0.15) is 0 Å². The first-order valence-electron chi connectivity index (χ1n) is 10.2. The standard InChI is InChI=1S/C23H30N2O2/c1-23(2,3)15-10-11-20-18(13-15)21(17-8-4-5-9-19(17)24-20)22(27)25-12-6-7-16(26)14-25/h4-5,8-9,15-16,26H,6-7,10-14H2,1-3H3. The molecule has 4 heteroatoms. The molecule has 1 saturated heterocycles. The zero-order valence-corrected chi connectivity index (χ0v) is 16.7. The molecule has 1 aromatic heterocycles. The van der Waals surface area contributed by atoms with Crippen LogP contribution in [0.4, 0.5) is 0 Å². The number of para-hydroxylation sites is 1. The van der Waals surface area contributed by atoms with Gasteiger partial charge in [-0.15, -0.1) is 0 Å². The highest BCUT2D eigenvalue weighted by Crippen LogP contribution is 2.39. The van der Waals surface area contributed by atoms with E-state index < -0.39 is 6.10 Å². The van der Waals surface area contributed by atoms with Gasteiger partial charge in [0.05, 0.1) is 17.2 Å². The molecule has 2 aromatic rings. The third-order valence-electron chi connectivity index (χ3n) is 6.38. The first kappa shape index (κ1) is 18.4. The van der Waals surface area contributed by atoms with Gasteiger partial charge in [0, 0.05) is 24.2 Å². The third kappa shape index (κ3) is 3.47. The molecule has 1 amide bonds. The molecule has 2 unspecified atom stereocenters. The predicted molar refractivity (Wildman–Crippen MR) is 108 cm³/mol. The van der Waals surface area contributed by atoms with Crippen molar-refractivity contribution in [3.05, 3.63) is 41.1 Å². The topological polar surface area (TPSA) is 53.4 Å². The lowest BCUT2D eigenvalue weighted by Gasteiger charge is -2.36. The van der Waals surface area contributed by atoms with Crippen molar-refractivity contribution < 1.29 is 9.90 Å². The number of amides is 1. The molecule has 0 radical (unpaired) electrons. The Labute approximate surface area is 161 Å². The molecule has 0 saturated carbocycles. The van der Waals surface area contributed by atoms with Crippen molar-refractivity contribution in [1.82, 2.24) is 9.88 Å². The van der Waals surface area contributed by atoms with Gasteiger partial charge in [0.2, 0.25) is 0 Å². The summed E-state index contributed by atoms with van der Waals surface area (Å²) in [5, 5.41) is 11.0. The fraction of sp³-hybridized carbons (Fsp3) is 0.565. The number of nitrogens with zero attached hydrogens (tertiary/aromatic N) is 2. The molecular weight excluding hydrogens is 336 g/mol. The maximum atomic E-state index is 13.6. The Hall–Kier alpha value is -1.94. The minimum Gasteiger partial charge on any atom is -0.391 e. The van der Waals surface area contributed by atoms with E-state index in [1.165, 1.54) is 0 Å². The average Bonchev–Trinajstić information content (AvgIpc) is 2.64. The van der Waals surface area contributed by atoms with Crippen LogP contribution >= 0.6 is 0 Å². The van der Waals surface area contributed by atoms with Crippen molar-refractivity contribution in [3.63, 3.8) is 0 Å². The molecule has 1 aliphatic carbocycles. The lowest BCUT2D eigenvalue weighted by atomic mass is 9.70. The molecule has 0 bridgehead atoms. The highest BCUT2D eigenvalue weighted by atomic mass is 16.3. The van der Waals surface area contributed by atoms with Crippen molar-refractivity contribution >= 4 is 16.8 Å². The molecule has 1 N–H and O–H groups in total. The number of hydrogen-bond acceptors (Lipinski definition) is 3. The van der Waals surface area contributed by atoms with Crippen molar-refractivity contribution in [1.29, 1.82) is 0 Å². The van der Waals surface area contributed by atoms with Crippen LogP contribution in [0.15, 0.2) is 24.3 Å². The number of likely N-dealkylation sites (tertiary alicyclic amines) is 1. The fourth-order valence-electron chi connectivity index (χ4n) is 4.67. The van der Waals surface area contributed by atoms with Crippen LogP contribution in [0.5, 0.6) is 0 Å². The molecule has 144 valence electrons. The number of carbonyl (C=O) groups is 1. The van der Waals surface area contributed by atoms with Gasteiger partial charge >= 0.3 is 0 Å². The number of carbonyl (C=O) groups excluding carboxylic acids is 1. The van der Waals surface area contributed by atoms with Gasteiger partial charge in [0.15, 0.2) is 0 Å². The van der Waals surface area contributed by atoms with Crippen LogP contribution in [0, 0.1) is 11.3 Å².